The Morgan fingerprint density at radius 2 is 2.00 bits per heavy atom. The maximum Gasteiger partial charge on any atom is 0.337 e. The average Bonchev–Trinajstić information content (AvgIpc) is 3.00. The summed E-state index contributed by atoms with van der Waals surface area (Å²) >= 11 is 6.12. The largest absolute Gasteiger partial charge is 0.465 e. The highest BCUT2D eigenvalue weighted by Gasteiger charge is 2.13. The lowest BCUT2D eigenvalue weighted by Crippen LogP contribution is -2.00. The van der Waals surface area contributed by atoms with Crippen molar-refractivity contribution >= 4 is 23.6 Å². The van der Waals surface area contributed by atoms with Gasteiger partial charge in [0.2, 0.25) is 0 Å². The van der Waals surface area contributed by atoms with E-state index in [9.17, 15) is 4.79 Å². The Morgan fingerprint density at radius 1 is 1.27 bits per heavy atom. The number of carbonyl (C=O) groups is 1. The Morgan fingerprint density at radius 3 is 2.64 bits per heavy atom. The van der Waals surface area contributed by atoms with Gasteiger partial charge in [-0.25, -0.2) is 4.79 Å². The number of carbonyl (C=O) groups excluding carboxylic acids is 1. The van der Waals surface area contributed by atoms with Crippen molar-refractivity contribution in [3.8, 4) is 23.5 Å². The van der Waals surface area contributed by atoms with Gasteiger partial charge in [0.05, 0.1) is 17.7 Å². The van der Waals surface area contributed by atoms with Crippen molar-refractivity contribution in [2.75, 3.05) is 7.11 Å². The fraction of sp³-hybridized carbons (Fsp3) is 0.0625. The predicted molar refractivity (Wildman–Crippen MR) is 79.7 cm³/mol. The van der Waals surface area contributed by atoms with Crippen LogP contribution in [0.1, 0.15) is 16.1 Å². The smallest absolute Gasteiger partial charge is 0.337 e. The minimum atomic E-state index is -0.485. The van der Waals surface area contributed by atoms with E-state index in [4.69, 9.17) is 26.5 Å². The number of hydrogen-bond donors (Lipinski definition) is 0. The molecule has 0 saturated heterocycles. The quantitative estimate of drug-likeness (QED) is 0.635. The van der Waals surface area contributed by atoms with Crippen LogP contribution in [-0.4, -0.2) is 13.1 Å². The number of ether oxygens (including phenoxy) is 1. The van der Waals surface area contributed by atoms with Gasteiger partial charge in [0, 0.05) is 11.6 Å². The number of furan rings is 1. The van der Waals surface area contributed by atoms with Crippen LogP contribution in [0.2, 0.25) is 5.02 Å². The highest BCUT2D eigenvalue weighted by molar-refractivity contribution is 6.33. The molecule has 0 aliphatic heterocycles. The second kappa shape index (κ2) is 6.62. The number of benzene rings is 1. The van der Waals surface area contributed by atoms with E-state index >= 15 is 0 Å². The van der Waals surface area contributed by atoms with Crippen molar-refractivity contribution in [1.82, 2.24) is 0 Å². The van der Waals surface area contributed by atoms with Crippen molar-refractivity contribution in [2.45, 2.75) is 0 Å². The van der Waals surface area contributed by atoms with Gasteiger partial charge in [-0.2, -0.15) is 10.5 Å². The lowest BCUT2D eigenvalue weighted by molar-refractivity contribution is 0.0601. The number of allylic oxidation sites excluding steroid dienone is 1. The summed E-state index contributed by atoms with van der Waals surface area (Å²) in [5.41, 5.74) is 0.778. The van der Waals surface area contributed by atoms with Gasteiger partial charge in [0.1, 0.15) is 29.2 Å². The first-order chi connectivity index (χ1) is 10.6. The van der Waals surface area contributed by atoms with Gasteiger partial charge in [0.15, 0.2) is 0 Å². The highest BCUT2D eigenvalue weighted by atomic mass is 35.5. The van der Waals surface area contributed by atoms with Crippen LogP contribution in [0, 0.1) is 22.7 Å². The molecule has 0 radical (unpaired) electrons. The normalized spacial score (nSPS) is 9.45. The average molecular weight is 313 g/mol. The molecule has 6 heteroatoms. The molecular weight excluding hydrogens is 304 g/mol. The third-order valence-corrected chi connectivity index (χ3v) is 3.14. The maximum atomic E-state index is 11.6. The number of hydrogen-bond acceptors (Lipinski definition) is 5. The van der Waals surface area contributed by atoms with Gasteiger partial charge in [-0.05, 0) is 30.3 Å². The Labute approximate surface area is 131 Å². The monoisotopic (exact) mass is 312 g/mol. The summed E-state index contributed by atoms with van der Waals surface area (Å²) in [7, 11) is 1.29. The molecule has 1 aromatic heterocycles. The van der Waals surface area contributed by atoms with Crippen molar-refractivity contribution in [3.05, 3.63) is 52.3 Å². The van der Waals surface area contributed by atoms with E-state index in [-0.39, 0.29) is 5.57 Å². The fourth-order valence-electron chi connectivity index (χ4n) is 1.77. The first kappa shape index (κ1) is 15.4. The second-order valence-electron chi connectivity index (χ2n) is 4.17. The summed E-state index contributed by atoms with van der Waals surface area (Å²) in [6.07, 6.45) is 1.32. The van der Waals surface area contributed by atoms with Crippen LogP contribution in [-0.2, 0) is 4.74 Å². The molecule has 108 valence electrons. The van der Waals surface area contributed by atoms with Crippen LogP contribution in [0.3, 0.4) is 0 Å². The zero-order valence-corrected chi connectivity index (χ0v) is 12.2. The SMILES string of the molecule is COC(=O)c1ccc(Cl)c(-c2ccc(C=C(C#N)C#N)o2)c1. The molecule has 0 aliphatic rings. The molecule has 0 atom stereocenters. The zero-order chi connectivity index (χ0) is 16.1. The lowest BCUT2D eigenvalue weighted by atomic mass is 10.1. The minimum Gasteiger partial charge on any atom is -0.465 e. The molecule has 0 amide bonds. The van der Waals surface area contributed by atoms with E-state index in [1.807, 2.05) is 0 Å². The van der Waals surface area contributed by atoms with Gasteiger partial charge < -0.3 is 9.15 Å². The summed E-state index contributed by atoms with van der Waals surface area (Å²) in [5, 5.41) is 17.9. The van der Waals surface area contributed by atoms with Crippen LogP contribution < -0.4 is 0 Å². The van der Waals surface area contributed by atoms with Crippen LogP contribution in [0.5, 0.6) is 0 Å². The van der Waals surface area contributed by atoms with Crippen molar-refractivity contribution < 1.29 is 13.9 Å². The van der Waals surface area contributed by atoms with Crippen LogP contribution in [0.15, 0.2) is 40.3 Å². The molecule has 0 bridgehead atoms. The van der Waals surface area contributed by atoms with Crippen LogP contribution >= 0.6 is 11.6 Å². The molecule has 2 aromatic rings. The van der Waals surface area contributed by atoms with Crippen LogP contribution in [0.4, 0.5) is 0 Å². The first-order valence-corrected chi connectivity index (χ1v) is 6.46. The molecule has 0 aliphatic carbocycles. The van der Waals surface area contributed by atoms with Gasteiger partial charge in [-0.1, -0.05) is 11.6 Å². The predicted octanol–water partition coefficient (Wildman–Crippen LogP) is 3.82. The fourth-order valence-corrected chi connectivity index (χ4v) is 1.98. The van der Waals surface area contributed by atoms with Crippen molar-refractivity contribution in [2.24, 2.45) is 0 Å². The molecule has 0 fully saturated rings. The van der Waals surface area contributed by atoms with Gasteiger partial charge >= 0.3 is 5.97 Å². The third kappa shape index (κ3) is 3.17. The zero-order valence-electron chi connectivity index (χ0n) is 11.5. The van der Waals surface area contributed by atoms with E-state index < -0.39 is 5.97 Å². The minimum absolute atomic E-state index is 0.0738. The lowest BCUT2D eigenvalue weighted by Gasteiger charge is -2.04. The molecule has 0 saturated carbocycles. The third-order valence-electron chi connectivity index (χ3n) is 2.81. The van der Waals surface area contributed by atoms with E-state index in [0.717, 1.165) is 0 Å². The Balaban J connectivity index is 2.44. The number of methoxy groups -OCH3 is 1. The molecule has 2 rings (SSSR count). The summed E-state index contributed by atoms with van der Waals surface area (Å²) in [6.45, 7) is 0. The molecule has 0 spiro atoms. The number of halogens is 1. The van der Waals surface area contributed by atoms with Gasteiger partial charge in [0.25, 0.3) is 0 Å². The Kier molecular flexibility index (Phi) is 4.63. The standard InChI is InChI=1S/C16H9ClN2O3/c1-21-16(20)11-2-4-14(17)13(7-11)15-5-3-12(22-15)6-10(8-18)9-19/h2-7H,1H3. The summed E-state index contributed by atoms with van der Waals surface area (Å²) in [4.78, 5) is 11.6. The summed E-state index contributed by atoms with van der Waals surface area (Å²) in [5.74, 6) is 0.269. The topological polar surface area (TPSA) is 87.0 Å². The number of rotatable bonds is 3. The van der Waals surface area contributed by atoms with E-state index in [2.05, 4.69) is 4.74 Å². The highest BCUT2D eigenvalue weighted by Crippen LogP contribution is 2.31. The molecule has 1 heterocycles. The molecule has 0 N–H and O–H groups in total. The van der Waals surface area contributed by atoms with E-state index in [1.165, 1.54) is 13.2 Å². The molecule has 0 unspecified atom stereocenters. The summed E-state index contributed by atoms with van der Waals surface area (Å²) in [6, 6.07) is 11.4. The van der Waals surface area contributed by atoms with Gasteiger partial charge in [-0.15, -0.1) is 0 Å². The summed E-state index contributed by atoms with van der Waals surface area (Å²) < 4.78 is 10.2. The second-order valence-corrected chi connectivity index (χ2v) is 4.58. The van der Waals surface area contributed by atoms with Gasteiger partial charge in [-0.3, -0.25) is 0 Å². The number of nitriles is 2. The molecule has 5 nitrogen and oxygen atoms in total. The number of nitrogens with zero attached hydrogens (tertiary/aromatic N) is 2. The maximum absolute atomic E-state index is 11.6. The molecular formula is C16H9ClN2O3. The van der Waals surface area contributed by atoms with Crippen molar-refractivity contribution in [1.29, 1.82) is 10.5 Å². The number of esters is 1. The van der Waals surface area contributed by atoms with Crippen LogP contribution in [0.25, 0.3) is 17.4 Å². The van der Waals surface area contributed by atoms with E-state index in [1.54, 1.807) is 42.5 Å². The Hall–Kier alpha value is -3.02. The molecule has 1 aromatic carbocycles. The van der Waals surface area contributed by atoms with E-state index in [0.29, 0.717) is 27.7 Å². The first-order valence-electron chi connectivity index (χ1n) is 6.09. The Bertz CT molecular complexity index is 822. The molecule has 22 heavy (non-hydrogen) atoms. The van der Waals surface area contributed by atoms with Crippen molar-refractivity contribution in [3.63, 3.8) is 0 Å².